The molecule has 0 bridgehead atoms. The number of hydrogen-bond acceptors (Lipinski definition) is 5. The Hall–Kier alpha value is -2.34. The lowest BCUT2D eigenvalue weighted by Gasteiger charge is -2.14. The van der Waals surface area contributed by atoms with Crippen LogP contribution in [-0.4, -0.2) is 27.3 Å². The van der Waals surface area contributed by atoms with E-state index in [0.717, 1.165) is 30.7 Å². The lowest BCUT2D eigenvalue weighted by Crippen LogP contribution is -2.01. The number of rotatable bonds is 4. The molecule has 1 aliphatic carbocycles. The van der Waals surface area contributed by atoms with Crippen LogP contribution in [0.15, 0.2) is 35.6 Å². The van der Waals surface area contributed by atoms with Crippen molar-refractivity contribution in [2.24, 2.45) is 0 Å². The van der Waals surface area contributed by atoms with E-state index in [9.17, 15) is 0 Å². The number of aromatic amines is 1. The average Bonchev–Trinajstić information content (AvgIpc) is 3.24. The predicted octanol–water partition coefficient (Wildman–Crippen LogP) is 3.24. The molecule has 0 atom stereocenters. The summed E-state index contributed by atoms with van der Waals surface area (Å²) in [4.78, 5) is 7.33. The number of thiol groups is 1. The zero-order valence-corrected chi connectivity index (χ0v) is 14.3. The number of H-pyrrole nitrogens is 1. The van der Waals surface area contributed by atoms with Crippen LogP contribution in [0, 0.1) is 0 Å². The topological polar surface area (TPSA) is 63.7 Å². The van der Waals surface area contributed by atoms with Crippen LogP contribution in [0.4, 0.5) is 0 Å². The summed E-state index contributed by atoms with van der Waals surface area (Å²) in [6.07, 6.45) is 5.97. The molecule has 0 saturated heterocycles. The minimum absolute atomic E-state index is 0.546. The summed E-state index contributed by atoms with van der Waals surface area (Å²) < 4.78 is 5.28. The van der Waals surface area contributed by atoms with Crippen LogP contribution in [0.5, 0.6) is 5.88 Å². The highest BCUT2D eigenvalue weighted by Gasteiger charge is 2.20. The average molecular weight is 338 g/mol. The van der Waals surface area contributed by atoms with E-state index in [1.54, 1.807) is 13.3 Å². The maximum absolute atomic E-state index is 5.28. The van der Waals surface area contributed by atoms with Gasteiger partial charge in [0.2, 0.25) is 5.88 Å². The summed E-state index contributed by atoms with van der Waals surface area (Å²) in [6.45, 7) is 0. The van der Waals surface area contributed by atoms with Crippen molar-refractivity contribution < 1.29 is 4.74 Å². The number of nitrogens with zero attached hydrogens (tertiary/aromatic N) is 3. The van der Waals surface area contributed by atoms with Crippen molar-refractivity contribution in [2.45, 2.75) is 30.8 Å². The number of fused-ring (bicyclic) bond motifs is 1. The lowest BCUT2D eigenvalue weighted by atomic mass is 9.91. The van der Waals surface area contributed by atoms with Gasteiger partial charge in [-0.05, 0) is 53.1 Å². The summed E-state index contributed by atoms with van der Waals surface area (Å²) in [6, 6.07) is 8.45. The predicted molar refractivity (Wildman–Crippen MR) is 94.7 cm³/mol. The van der Waals surface area contributed by atoms with Gasteiger partial charge in [-0.2, -0.15) is 0 Å². The minimum atomic E-state index is 0.546. The van der Waals surface area contributed by atoms with Gasteiger partial charge in [0.05, 0.1) is 7.11 Å². The summed E-state index contributed by atoms with van der Waals surface area (Å²) >= 11 is 4.22. The van der Waals surface area contributed by atoms with Crippen LogP contribution in [0.3, 0.4) is 0 Å². The van der Waals surface area contributed by atoms with Gasteiger partial charge in [-0.3, -0.25) is 0 Å². The number of benzene rings is 1. The summed E-state index contributed by atoms with van der Waals surface area (Å²) in [7, 11) is 1.64. The molecule has 0 fully saturated rings. The van der Waals surface area contributed by atoms with Gasteiger partial charge in [0.1, 0.15) is 5.82 Å². The molecule has 1 aliphatic rings. The molecule has 0 spiro atoms. The molecule has 0 unspecified atom stereocenters. The SMILES string of the molecule is COc1cc(-c2ccc3c(c2Cc2nnc(S)[nH]2)CCC3)ccn1. The van der Waals surface area contributed by atoms with Crippen molar-refractivity contribution in [3.63, 3.8) is 0 Å². The maximum atomic E-state index is 5.28. The molecular weight excluding hydrogens is 320 g/mol. The fraction of sp³-hybridized carbons (Fsp3) is 0.278. The highest BCUT2D eigenvalue weighted by Crippen LogP contribution is 2.35. The number of pyridine rings is 1. The molecule has 24 heavy (non-hydrogen) atoms. The van der Waals surface area contributed by atoms with Gasteiger partial charge in [-0.1, -0.05) is 12.1 Å². The molecule has 1 N–H and O–H groups in total. The third-order valence-electron chi connectivity index (χ3n) is 4.52. The normalized spacial score (nSPS) is 13.1. The highest BCUT2D eigenvalue weighted by molar-refractivity contribution is 7.80. The maximum Gasteiger partial charge on any atom is 0.213 e. The Balaban J connectivity index is 1.84. The zero-order chi connectivity index (χ0) is 16.5. The number of ether oxygens (including phenoxy) is 1. The second kappa shape index (κ2) is 6.28. The summed E-state index contributed by atoms with van der Waals surface area (Å²) in [5.41, 5.74) is 6.51. The third-order valence-corrected chi connectivity index (χ3v) is 4.72. The van der Waals surface area contributed by atoms with Crippen LogP contribution in [0.25, 0.3) is 11.1 Å². The van der Waals surface area contributed by atoms with Crippen molar-refractivity contribution in [3.8, 4) is 17.0 Å². The number of aryl methyl sites for hydroxylation is 1. The van der Waals surface area contributed by atoms with Gasteiger partial charge in [0.15, 0.2) is 5.16 Å². The number of methoxy groups -OCH3 is 1. The molecule has 2 aromatic heterocycles. The first-order valence-electron chi connectivity index (χ1n) is 7.99. The molecule has 122 valence electrons. The van der Waals surface area contributed by atoms with Gasteiger partial charge in [-0.15, -0.1) is 22.8 Å². The number of nitrogens with one attached hydrogen (secondary N) is 1. The standard InChI is InChI=1S/C18H18N4OS/c1-23-17-9-12(7-8-19-17)14-6-5-11-3-2-4-13(11)15(14)10-16-20-18(24)22-21-16/h5-9H,2-4,10H2,1H3,(H2,20,21,22,24). The molecule has 0 saturated carbocycles. The second-order valence-electron chi connectivity index (χ2n) is 5.94. The summed E-state index contributed by atoms with van der Waals surface area (Å²) in [5.74, 6) is 1.46. The van der Waals surface area contributed by atoms with Crippen LogP contribution < -0.4 is 4.74 Å². The lowest BCUT2D eigenvalue weighted by molar-refractivity contribution is 0.398. The zero-order valence-electron chi connectivity index (χ0n) is 13.4. The first-order valence-corrected chi connectivity index (χ1v) is 8.44. The molecule has 1 aromatic carbocycles. The largest absolute Gasteiger partial charge is 0.481 e. The Morgan fingerprint density at radius 3 is 2.92 bits per heavy atom. The number of aromatic nitrogens is 4. The fourth-order valence-corrected chi connectivity index (χ4v) is 3.61. The van der Waals surface area contributed by atoms with Crippen molar-refractivity contribution in [3.05, 3.63) is 53.0 Å². The third kappa shape index (κ3) is 2.78. The van der Waals surface area contributed by atoms with E-state index in [1.807, 2.05) is 12.1 Å². The Labute approximate surface area is 145 Å². The quantitative estimate of drug-likeness (QED) is 0.717. The minimum Gasteiger partial charge on any atom is -0.481 e. The molecule has 0 amide bonds. The Bertz CT molecular complexity index is 890. The van der Waals surface area contributed by atoms with Crippen LogP contribution in [0.2, 0.25) is 0 Å². The van der Waals surface area contributed by atoms with E-state index in [0.29, 0.717) is 11.0 Å². The van der Waals surface area contributed by atoms with Gasteiger partial charge in [0.25, 0.3) is 0 Å². The second-order valence-corrected chi connectivity index (χ2v) is 6.37. The van der Waals surface area contributed by atoms with Gasteiger partial charge < -0.3 is 9.72 Å². The fourth-order valence-electron chi connectivity index (χ4n) is 3.44. The Morgan fingerprint density at radius 2 is 2.12 bits per heavy atom. The molecule has 6 heteroatoms. The van der Waals surface area contributed by atoms with Gasteiger partial charge in [-0.25, -0.2) is 4.98 Å². The molecular formula is C18H18N4OS. The molecule has 0 radical (unpaired) electrons. The van der Waals surface area contributed by atoms with Crippen molar-refractivity contribution in [1.29, 1.82) is 0 Å². The van der Waals surface area contributed by atoms with Crippen LogP contribution in [0.1, 0.15) is 28.9 Å². The molecule has 5 nitrogen and oxygen atoms in total. The molecule has 4 rings (SSSR count). The van der Waals surface area contributed by atoms with Crippen molar-refractivity contribution in [2.75, 3.05) is 7.11 Å². The van der Waals surface area contributed by atoms with Crippen LogP contribution in [-0.2, 0) is 19.3 Å². The monoisotopic (exact) mass is 338 g/mol. The van der Waals surface area contributed by atoms with E-state index in [4.69, 9.17) is 4.74 Å². The van der Waals surface area contributed by atoms with Crippen molar-refractivity contribution in [1.82, 2.24) is 20.2 Å². The van der Waals surface area contributed by atoms with E-state index in [1.165, 1.54) is 28.7 Å². The van der Waals surface area contributed by atoms with Crippen LogP contribution >= 0.6 is 12.6 Å². The van der Waals surface area contributed by atoms with E-state index in [2.05, 4.69) is 44.9 Å². The van der Waals surface area contributed by atoms with E-state index < -0.39 is 0 Å². The van der Waals surface area contributed by atoms with Gasteiger partial charge in [0, 0.05) is 18.7 Å². The Morgan fingerprint density at radius 1 is 1.21 bits per heavy atom. The first kappa shape index (κ1) is 15.2. The first-order chi connectivity index (χ1) is 11.7. The molecule has 2 heterocycles. The molecule has 0 aliphatic heterocycles. The number of hydrogen-bond donors (Lipinski definition) is 2. The van der Waals surface area contributed by atoms with Gasteiger partial charge >= 0.3 is 0 Å². The molecule has 3 aromatic rings. The van der Waals surface area contributed by atoms with E-state index in [-0.39, 0.29) is 0 Å². The highest BCUT2D eigenvalue weighted by atomic mass is 32.1. The smallest absolute Gasteiger partial charge is 0.213 e. The van der Waals surface area contributed by atoms with Crippen molar-refractivity contribution >= 4 is 12.6 Å². The van der Waals surface area contributed by atoms with E-state index >= 15 is 0 Å². The summed E-state index contributed by atoms with van der Waals surface area (Å²) in [5, 5.41) is 8.70. The Kier molecular flexibility index (Phi) is 3.98.